The predicted molar refractivity (Wildman–Crippen MR) is 64.1 cm³/mol. The largest absolute Gasteiger partial charge is 0.481 e. The molecule has 0 atom stereocenters. The maximum atomic E-state index is 13.0. The number of aliphatic carboxylic acids is 1. The third-order valence-corrected chi connectivity index (χ3v) is 2.68. The molecule has 0 unspecified atom stereocenters. The number of carboxylic acid groups (broad SMARTS) is 1. The molecule has 18 heavy (non-hydrogen) atoms. The molecule has 3 nitrogen and oxygen atoms in total. The van der Waals surface area contributed by atoms with Crippen LogP contribution in [0.2, 0.25) is 0 Å². The number of carbonyl (C=O) groups is 1. The van der Waals surface area contributed by atoms with E-state index in [1.165, 1.54) is 6.07 Å². The van der Waals surface area contributed by atoms with E-state index in [0.29, 0.717) is 18.7 Å². The molecule has 0 amide bonds. The van der Waals surface area contributed by atoms with Crippen molar-refractivity contribution in [2.75, 3.05) is 13.6 Å². The number of carboxylic acids is 1. The smallest absolute Gasteiger partial charge is 0.310 e. The van der Waals surface area contributed by atoms with E-state index in [0.717, 1.165) is 12.1 Å². The van der Waals surface area contributed by atoms with Crippen molar-refractivity contribution in [1.29, 1.82) is 0 Å². The number of benzene rings is 1. The Morgan fingerprint density at radius 2 is 1.94 bits per heavy atom. The van der Waals surface area contributed by atoms with Gasteiger partial charge in [-0.2, -0.15) is 0 Å². The van der Waals surface area contributed by atoms with E-state index in [4.69, 9.17) is 5.11 Å². The average Bonchev–Trinajstić information content (AvgIpc) is 2.22. The summed E-state index contributed by atoms with van der Waals surface area (Å²) >= 11 is 0. The summed E-state index contributed by atoms with van der Waals surface area (Å²) in [5.74, 6) is -2.66. The van der Waals surface area contributed by atoms with E-state index in [-0.39, 0.29) is 0 Å². The van der Waals surface area contributed by atoms with E-state index in [1.54, 1.807) is 25.8 Å². The first kappa shape index (κ1) is 14.6. The van der Waals surface area contributed by atoms with E-state index in [9.17, 15) is 13.6 Å². The Morgan fingerprint density at radius 1 is 1.33 bits per heavy atom. The molecule has 5 heteroatoms. The molecule has 0 heterocycles. The maximum Gasteiger partial charge on any atom is 0.310 e. The van der Waals surface area contributed by atoms with E-state index in [2.05, 4.69) is 0 Å². The molecule has 0 spiro atoms. The van der Waals surface area contributed by atoms with Crippen LogP contribution in [0.3, 0.4) is 0 Å². The predicted octanol–water partition coefficient (Wildman–Crippen LogP) is 2.51. The second-order valence-electron chi connectivity index (χ2n) is 5.11. The van der Waals surface area contributed by atoms with Crippen molar-refractivity contribution in [2.24, 2.45) is 5.41 Å². The zero-order chi connectivity index (χ0) is 13.9. The summed E-state index contributed by atoms with van der Waals surface area (Å²) in [4.78, 5) is 12.7. The number of halogens is 2. The molecule has 1 rings (SSSR count). The molecule has 1 aromatic carbocycles. The van der Waals surface area contributed by atoms with Crippen LogP contribution in [0, 0.1) is 17.0 Å². The van der Waals surface area contributed by atoms with E-state index >= 15 is 0 Å². The molecule has 1 aromatic rings. The molecule has 0 bridgehead atoms. The van der Waals surface area contributed by atoms with Crippen LogP contribution >= 0.6 is 0 Å². The Morgan fingerprint density at radius 3 is 2.44 bits per heavy atom. The van der Waals surface area contributed by atoms with Gasteiger partial charge in [0.2, 0.25) is 0 Å². The Balaban J connectivity index is 2.67. The third-order valence-electron chi connectivity index (χ3n) is 2.68. The topological polar surface area (TPSA) is 40.5 Å². The van der Waals surface area contributed by atoms with Gasteiger partial charge in [-0.15, -0.1) is 0 Å². The monoisotopic (exact) mass is 257 g/mol. The van der Waals surface area contributed by atoms with Crippen molar-refractivity contribution in [2.45, 2.75) is 20.4 Å². The molecule has 1 N–H and O–H groups in total. The lowest BCUT2D eigenvalue weighted by Gasteiger charge is -2.26. The minimum Gasteiger partial charge on any atom is -0.481 e. The fraction of sp³-hybridized carbons (Fsp3) is 0.462. The lowest BCUT2D eigenvalue weighted by atomic mass is 9.93. The maximum absolute atomic E-state index is 13.0. The van der Waals surface area contributed by atoms with Gasteiger partial charge in [-0.05, 0) is 38.6 Å². The second kappa shape index (κ2) is 5.44. The summed E-state index contributed by atoms with van der Waals surface area (Å²) in [7, 11) is 1.74. The molecule has 0 aliphatic heterocycles. The van der Waals surface area contributed by atoms with Crippen LogP contribution in [0.15, 0.2) is 18.2 Å². The molecule has 0 saturated carbocycles. The van der Waals surface area contributed by atoms with Gasteiger partial charge in [-0.25, -0.2) is 8.78 Å². The zero-order valence-electron chi connectivity index (χ0n) is 10.7. The van der Waals surface area contributed by atoms with Crippen molar-refractivity contribution in [1.82, 2.24) is 4.90 Å². The van der Waals surface area contributed by atoms with Gasteiger partial charge in [-0.1, -0.05) is 6.07 Å². The summed E-state index contributed by atoms with van der Waals surface area (Å²) in [6.45, 7) is 3.93. The fourth-order valence-electron chi connectivity index (χ4n) is 1.75. The van der Waals surface area contributed by atoms with Crippen molar-refractivity contribution in [3.05, 3.63) is 35.4 Å². The van der Waals surface area contributed by atoms with Crippen LogP contribution in [0.4, 0.5) is 8.78 Å². The summed E-state index contributed by atoms with van der Waals surface area (Å²) < 4.78 is 25.8. The summed E-state index contributed by atoms with van der Waals surface area (Å²) in [5.41, 5.74) is -0.273. The number of hydrogen-bond acceptors (Lipinski definition) is 2. The lowest BCUT2D eigenvalue weighted by molar-refractivity contribution is -0.147. The molecule has 0 saturated heterocycles. The average molecular weight is 257 g/mol. The SMILES string of the molecule is CN(Cc1ccc(F)c(F)c1)CC(C)(C)C(=O)O. The summed E-state index contributed by atoms with van der Waals surface area (Å²) in [6.07, 6.45) is 0. The minimum atomic E-state index is -0.890. The first-order valence-electron chi connectivity index (χ1n) is 5.58. The van der Waals surface area contributed by atoms with Crippen LogP contribution in [-0.2, 0) is 11.3 Å². The first-order valence-corrected chi connectivity index (χ1v) is 5.58. The molecule has 0 aliphatic rings. The van der Waals surface area contributed by atoms with Crippen molar-refractivity contribution >= 4 is 5.97 Å². The zero-order valence-corrected chi connectivity index (χ0v) is 10.7. The quantitative estimate of drug-likeness (QED) is 0.881. The second-order valence-corrected chi connectivity index (χ2v) is 5.11. The van der Waals surface area contributed by atoms with Crippen LogP contribution in [-0.4, -0.2) is 29.6 Å². The molecule has 0 fully saturated rings. The number of nitrogens with zero attached hydrogens (tertiary/aromatic N) is 1. The van der Waals surface area contributed by atoms with Gasteiger partial charge in [0.05, 0.1) is 5.41 Å². The Labute approximate surface area is 105 Å². The van der Waals surface area contributed by atoms with Crippen molar-refractivity contribution < 1.29 is 18.7 Å². The van der Waals surface area contributed by atoms with Gasteiger partial charge >= 0.3 is 5.97 Å². The highest BCUT2D eigenvalue weighted by Gasteiger charge is 2.28. The molecule has 0 aliphatic carbocycles. The van der Waals surface area contributed by atoms with Gasteiger partial charge in [0, 0.05) is 13.1 Å². The van der Waals surface area contributed by atoms with Gasteiger partial charge < -0.3 is 10.0 Å². The highest BCUT2D eigenvalue weighted by atomic mass is 19.2. The Hall–Kier alpha value is -1.49. The molecule has 0 radical (unpaired) electrons. The number of rotatable bonds is 5. The molecular formula is C13H17F2NO2. The standard InChI is InChI=1S/C13H17F2NO2/c1-13(2,12(17)18)8-16(3)7-9-4-5-10(14)11(15)6-9/h4-6H,7-8H2,1-3H3,(H,17,18). The fourth-order valence-corrected chi connectivity index (χ4v) is 1.75. The Kier molecular flexibility index (Phi) is 4.40. The molecule has 0 aromatic heterocycles. The molecular weight excluding hydrogens is 240 g/mol. The Bertz CT molecular complexity index is 447. The number of hydrogen-bond donors (Lipinski definition) is 1. The van der Waals surface area contributed by atoms with Crippen LogP contribution in [0.25, 0.3) is 0 Å². The third kappa shape index (κ3) is 3.77. The van der Waals surface area contributed by atoms with Crippen LogP contribution in [0.5, 0.6) is 0 Å². The van der Waals surface area contributed by atoms with E-state index < -0.39 is 23.0 Å². The van der Waals surface area contributed by atoms with Gasteiger partial charge in [0.25, 0.3) is 0 Å². The normalized spacial score (nSPS) is 11.9. The summed E-state index contributed by atoms with van der Waals surface area (Å²) in [5, 5.41) is 9.00. The van der Waals surface area contributed by atoms with Gasteiger partial charge in [0.1, 0.15) is 0 Å². The highest BCUT2D eigenvalue weighted by molar-refractivity contribution is 5.73. The van der Waals surface area contributed by atoms with Crippen molar-refractivity contribution in [3.63, 3.8) is 0 Å². The van der Waals surface area contributed by atoms with Crippen molar-refractivity contribution in [3.8, 4) is 0 Å². The molecule has 100 valence electrons. The highest BCUT2D eigenvalue weighted by Crippen LogP contribution is 2.18. The minimum absolute atomic E-state index is 0.321. The van der Waals surface area contributed by atoms with Gasteiger partial charge in [0.15, 0.2) is 11.6 Å². The van der Waals surface area contributed by atoms with Crippen LogP contribution < -0.4 is 0 Å². The first-order chi connectivity index (χ1) is 8.22. The van der Waals surface area contributed by atoms with E-state index in [1.807, 2.05) is 0 Å². The lowest BCUT2D eigenvalue weighted by Crippen LogP contribution is -2.36. The van der Waals surface area contributed by atoms with Crippen LogP contribution in [0.1, 0.15) is 19.4 Å². The van der Waals surface area contributed by atoms with Gasteiger partial charge in [-0.3, -0.25) is 4.79 Å². The summed E-state index contributed by atoms with van der Waals surface area (Å²) in [6, 6.07) is 3.68.